The lowest BCUT2D eigenvalue weighted by molar-refractivity contribution is -0.155. The maximum absolute atomic E-state index is 14.5. The molecule has 5 N–H and O–H groups in total. The number of amides is 5. The van der Waals surface area contributed by atoms with Gasteiger partial charge in [-0.15, -0.1) is 0 Å². The number of Topliss-reactive ketones (excluding diaryl/α,β-unsaturated/α-hetero) is 1. The van der Waals surface area contributed by atoms with Crippen molar-refractivity contribution in [2.24, 2.45) is 0 Å². The van der Waals surface area contributed by atoms with E-state index in [1.807, 2.05) is 48.5 Å². The molecule has 0 aromatic heterocycles. The molecule has 0 saturated carbocycles. The Bertz CT molecular complexity index is 2390. The summed E-state index contributed by atoms with van der Waals surface area (Å²) in [6.45, 7) is 12.0. The number of nitrogens with zero attached hydrogens (tertiary/aromatic N) is 1. The summed E-state index contributed by atoms with van der Waals surface area (Å²) in [6, 6.07) is 21.7. The highest BCUT2D eigenvalue weighted by Gasteiger charge is 2.34. The van der Waals surface area contributed by atoms with Gasteiger partial charge in [0.2, 0.25) is 23.5 Å². The van der Waals surface area contributed by atoms with Gasteiger partial charge in [-0.05, 0) is 126 Å². The van der Waals surface area contributed by atoms with Crippen LogP contribution in [0.2, 0.25) is 0 Å². The molecule has 0 spiro atoms. The topological polar surface area (TPSA) is 231 Å². The maximum atomic E-state index is 14.5. The number of nitrogens with one attached hydrogen (secondary N) is 5. The van der Waals surface area contributed by atoms with Crippen LogP contribution in [0.4, 0.5) is 9.59 Å². The molecular weight excluding hydrogens is 913 g/mol. The highest BCUT2D eigenvalue weighted by molar-refractivity contribution is 8.17. The van der Waals surface area contributed by atoms with Gasteiger partial charge in [0.25, 0.3) is 0 Å². The zero-order valence-electron chi connectivity index (χ0n) is 41.3. The Morgan fingerprint density at radius 2 is 1.21 bits per heavy atom. The Labute approximate surface area is 413 Å². The van der Waals surface area contributed by atoms with Gasteiger partial charge < -0.3 is 40.8 Å². The number of fused-ring (bicyclic) bond motifs is 3. The first-order valence-electron chi connectivity index (χ1n) is 24.0. The first-order valence-corrected chi connectivity index (χ1v) is 25.5. The van der Waals surface area contributed by atoms with Crippen molar-refractivity contribution < 1.29 is 47.8 Å². The van der Waals surface area contributed by atoms with Crippen LogP contribution in [-0.4, -0.2) is 107 Å². The number of hydrogen-bond donors (Lipinski definition) is 5. The van der Waals surface area contributed by atoms with E-state index in [4.69, 9.17) is 14.2 Å². The highest BCUT2D eigenvalue weighted by Crippen LogP contribution is 2.44. The number of benzene rings is 3. The Morgan fingerprint density at radius 3 is 1.80 bits per heavy atom. The molecule has 1 aliphatic carbocycles. The average Bonchev–Trinajstić information content (AvgIpc) is 3.95. The molecule has 1 aliphatic heterocycles. The molecule has 1 fully saturated rings. The highest BCUT2D eigenvalue weighted by atomic mass is 32.2. The summed E-state index contributed by atoms with van der Waals surface area (Å²) in [5.41, 5.74) is 3.21. The molecule has 5 amide bonds. The molecule has 70 heavy (non-hydrogen) atoms. The normalized spacial score (nSPS) is 15.1. The van der Waals surface area contributed by atoms with Crippen molar-refractivity contribution in [3.05, 3.63) is 95.6 Å². The quantitative estimate of drug-likeness (QED) is 0.0324. The van der Waals surface area contributed by atoms with Crippen LogP contribution in [-0.2, 0) is 44.6 Å². The van der Waals surface area contributed by atoms with Crippen LogP contribution in [0.3, 0.4) is 0 Å². The van der Waals surface area contributed by atoms with E-state index in [1.54, 1.807) is 71.9 Å². The van der Waals surface area contributed by atoms with E-state index < -0.39 is 87.5 Å². The van der Waals surface area contributed by atoms with E-state index in [9.17, 15) is 38.8 Å². The average molecular weight is 981 g/mol. The maximum Gasteiger partial charge on any atom is 0.407 e. The molecule has 5 rings (SSSR count). The number of ether oxygens (including phenoxy) is 3. The number of nitriles is 1. The smallest absolute Gasteiger partial charge is 0.407 e. The largest absolute Gasteiger partial charge is 0.460 e. The van der Waals surface area contributed by atoms with Gasteiger partial charge in [0.1, 0.15) is 46.9 Å². The van der Waals surface area contributed by atoms with Crippen LogP contribution < -0.4 is 26.6 Å². The lowest BCUT2D eigenvalue weighted by Gasteiger charge is -2.26. The predicted molar refractivity (Wildman–Crippen MR) is 269 cm³/mol. The molecule has 0 bridgehead atoms. The van der Waals surface area contributed by atoms with E-state index in [-0.39, 0.29) is 49.6 Å². The lowest BCUT2D eigenvalue weighted by Crippen LogP contribution is -2.58. The van der Waals surface area contributed by atoms with Crippen molar-refractivity contribution in [3.63, 3.8) is 0 Å². The first kappa shape index (κ1) is 54.4. The van der Waals surface area contributed by atoms with Crippen LogP contribution in [0, 0.1) is 11.3 Å². The lowest BCUT2D eigenvalue weighted by atomic mass is 9.98. The molecule has 1 saturated heterocycles. The second-order valence-corrected chi connectivity index (χ2v) is 21.7. The van der Waals surface area contributed by atoms with Crippen molar-refractivity contribution in [1.82, 2.24) is 26.6 Å². The van der Waals surface area contributed by atoms with Gasteiger partial charge in [-0.1, -0.05) is 78.9 Å². The zero-order valence-corrected chi connectivity index (χ0v) is 42.1. The number of alkyl carbamates (subject to hydrolysis) is 2. The summed E-state index contributed by atoms with van der Waals surface area (Å²) >= 11 is 0. The third kappa shape index (κ3) is 16.6. The Morgan fingerprint density at radius 1 is 0.671 bits per heavy atom. The van der Waals surface area contributed by atoms with Gasteiger partial charge in [-0.25, -0.2) is 9.59 Å². The molecule has 0 radical (unpaired) electrons. The molecule has 4 atom stereocenters. The van der Waals surface area contributed by atoms with Crippen LogP contribution in [0.15, 0.2) is 78.9 Å². The summed E-state index contributed by atoms with van der Waals surface area (Å²) < 4.78 is 16.7. The van der Waals surface area contributed by atoms with Gasteiger partial charge in [0, 0.05) is 25.3 Å². The van der Waals surface area contributed by atoms with Gasteiger partial charge in [0.15, 0.2) is 0 Å². The first-order chi connectivity index (χ1) is 33.2. The van der Waals surface area contributed by atoms with Crippen molar-refractivity contribution in [1.29, 1.82) is 5.26 Å². The minimum absolute atomic E-state index is 0.00541. The monoisotopic (exact) mass is 980 g/mol. The van der Waals surface area contributed by atoms with Crippen LogP contribution in [0.1, 0.15) is 116 Å². The molecule has 0 unspecified atom stereocenters. The van der Waals surface area contributed by atoms with Crippen LogP contribution >= 0.6 is 10.5 Å². The number of ketones is 1. The summed E-state index contributed by atoms with van der Waals surface area (Å²) in [6.07, 6.45) is 0.572. The Hall–Kier alpha value is -6.54. The van der Waals surface area contributed by atoms with E-state index in [2.05, 4.69) is 32.7 Å². The minimum atomic E-state index is -1.42. The van der Waals surface area contributed by atoms with Crippen molar-refractivity contribution in [2.75, 3.05) is 24.7 Å². The Balaban J connectivity index is 1.36. The number of rotatable bonds is 21. The van der Waals surface area contributed by atoms with Gasteiger partial charge in [-0.3, -0.25) is 24.0 Å². The predicted octanol–water partition coefficient (Wildman–Crippen LogP) is 6.76. The molecule has 16 nitrogen and oxygen atoms in total. The fourth-order valence-corrected chi connectivity index (χ4v) is 10.6. The SMILES string of the molecule is C[C@H](NC(=O)[C@H](Cc1ccccc1)NC(=O)[C@H](CCC(=O)OC(C)(C)C)NC(=O)[C@H](CCCCNC(=O)OC(C)(C)C)NC(=O)OCC1c2ccccc2-c2ccccc21)C(=O)C(C#N)=S1CCCC1. The number of hydrogen-bond acceptors (Lipinski definition) is 11. The van der Waals surface area contributed by atoms with Crippen molar-refractivity contribution in [2.45, 2.75) is 141 Å². The van der Waals surface area contributed by atoms with Crippen LogP contribution in [0.5, 0.6) is 0 Å². The molecule has 376 valence electrons. The minimum Gasteiger partial charge on any atom is -0.460 e. The molecule has 3 aromatic carbocycles. The Kier molecular flexibility index (Phi) is 19.7. The second kappa shape index (κ2) is 25.4. The van der Waals surface area contributed by atoms with E-state index >= 15 is 0 Å². The summed E-state index contributed by atoms with van der Waals surface area (Å²) in [5.74, 6) is -2.17. The van der Waals surface area contributed by atoms with Crippen molar-refractivity contribution >= 4 is 57.0 Å². The fraction of sp³-hybridized carbons (Fsp3) is 0.491. The summed E-state index contributed by atoms with van der Waals surface area (Å²) in [7, 11) is -0.491. The molecule has 3 aromatic rings. The summed E-state index contributed by atoms with van der Waals surface area (Å²) in [5, 5.41) is 23.5. The second-order valence-electron chi connectivity index (χ2n) is 19.5. The van der Waals surface area contributed by atoms with E-state index in [0.29, 0.717) is 18.4 Å². The molecular formula is C53H68N6O10S. The van der Waals surface area contributed by atoms with Crippen LogP contribution in [0.25, 0.3) is 11.1 Å². The fourth-order valence-electron chi connectivity index (χ4n) is 8.25. The number of carbonyl (C=O) groups excluding carboxylic acids is 7. The summed E-state index contributed by atoms with van der Waals surface area (Å²) in [4.78, 5) is 95.6. The van der Waals surface area contributed by atoms with Gasteiger partial charge in [-0.2, -0.15) is 15.7 Å². The number of carbonyl (C=O) groups is 7. The van der Waals surface area contributed by atoms with Gasteiger partial charge >= 0.3 is 18.2 Å². The molecule has 2 aliphatic rings. The standard InChI is InChI=1S/C53H68N6O10S/c1-34(46(61)44(32-54)70-29-17-18-30-70)56-49(64)43(31-35-19-9-8-10-20-35)58-48(63)42(26-27-45(60)68-52(2,3)4)57-47(62)41(25-15-16-28-55-50(65)69-53(5,6)7)59-51(66)67-33-40-38-23-13-11-21-36(38)37-22-12-14-24-39(37)40/h8-14,19-24,34,40-43H,15-18,25-31,33H2,1-7H3,(H,55,65)(H,56,64)(H,57,62)(H,58,63)(H,59,66)/t34-,41-,42-,43-/m0/s1. The van der Waals surface area contributed by atoms with E-state index in [1.165, 1.54) is 6.92 Å². The molecule has 1 heterocycles. The molecule has 17 heteroatoms. The van der Waals surface area contributed by atoms with Crippen molar-refractivity contribution in [3.8, 4) is 17.2 Å². The third-order valence-corrected chi connectivity index (χ3v) is 14.0. The van der Waals surface area contributed by atoms with E-state index in [0.717, 1.165) is 46.6 Å². The number of esters is 1. The third-order valence-electron chi connectivity index (χ3n) is 11.5. The zero-order chi connectivity index (χ0) is 51.0. The number of unbranched alkanes of at least 4 members (excludes halogenated alkanes) is 1. The van der Waals surface area contributed by atoms with Gasteiger partial charge in [0.05, 0.1) is 6.04 Å².